The van der Waals surface area contributed by atoms with E-state index in [1.807, 2.05) is 13.8 Å². The highest BCUT2D eigenvalue weighted by Crippen LogP contribution is 2.38. The fraction of sp³-hybridized carbons (Fsp3) is 0.750. The van der Waals surface area contributed by atoms with Gasteiger partial charge >= 0.3 is 12.0 Å². The largest absolute Gasteiger partial charge is 0.481 e. The second kappa shape index (κ2) is 6.50. The van der Waals surface area contributed by atoms with Crippen LogP contribution in [0.2, 0.25) is 0 Å². The summed E-state index contributed by atoms with van der Waals surface area (Å²) in [5.41, 5.74) is 0.643. The number of carboxylic acid groups (broad SMARTS) is 1. The maximum absolute atomic E-state index is 12.2. The number of allylic oxidation sites excluding steroid dienone is 1. The summed E-state index contributed by atoms with van der Waals surface area (Å²) in [6.07, 6.45) is 7.24. The number of aliphatic carboxylic acids is 1. The van der Waals surface area contributed by atoms with Gasteiger partial charge < -0.3 is 15.3 Å². The summed E-state index contributed by atoms with van der Waals surface area (Å²) in [6, 6.07) is -0.127. The van der Waals surface area contributed by atoms with Gasteiger partial charge in [0.1, 0.15) is 0 Å². The lowest BCUT2D eigenvalue weighted by atomic mass is 9.76. The minimum Gasteiger partial charge on any atom is -0.481 e. The third-order valence-electron chi connectivity index (χ3n) is 4.98. The van der Waals surface area contributed by atoms with Crippen molar-refractivity contribution in [1.29, 1.82) is 0 Å². The maximum atomic E-state index is 12.2. The summed E-state index contributed by atoms with van der Waals surface area (Å²) in [6.45, 7) is 5.32. The summed E-state index contributed by atoms with van der Waals surface area (Å²) in [7, 11) is 0. The average molecular weight is 294 g/mol. The van der Waals surface area contributed by atoms with Crippen LogP contribution in [-0.2, 0) is 4.79 Å². The molecule has 5 nitrogen and oxygen atoms in total. The van der Waals surface area contributed by atoms with Gasteiger partial charge in [0.15, 0.2) is 0 Å². The zero-order valence-electron chi connectivity index (χ0n) is 13.0. The van der Waals surface area contributed by atoms with Crippen LogP contribution in [-0.4, -0.2) is 41.6 Å². The molecule has 118 valence electrons. The molecule has 1 fully saturated rings. The van der Waals surface area contributed by atoms with Gasteiger partial charge in [-0.3, -0.25) is 4.79 Å². The number of amides is 2. The van der Waals surface area contributed by atoms with Crippen LogP contribution in [0.4, 0.5) is 4.79 Å². The quantitative estimate of drug-likeness (QED) is 0.766. The van der Waals surface area contributed by atoms with Crippen molar-refractivity contribution in [3.63, 3.8) is 0 Å². The highest BCUT2D eigenvalue weighted by Gasteiger charge is 2.48. The Morgan fingerprint density at radius 3 is 2.76 bits per heavy atom. The third-order valence-corrected chi connectivity index (χ3v) is 4.98. The van der Waals surface area contributed by atoms with E-state index in [4.69, 9.17) is 0 Å². The van der Waals surface area contributed by atoms with E-state index in [0.29, 0.717) is 26.1 Å². The van der Waals surface area contributed by atoms with Crippen LogP contribution in [0.3, 0.4) is 0 Å². The lowest BCUT2D eigenvalue weighted by molar-refractivity contribution is -0.150. The first-order valence-corrected chi connectivity index (χ1v) is 7.90. The van der Waals surface area contributed by atoms with Gasteiger partial charge in [-0.1, -0.05) is 25.5 Å². The number of carboxylic acids is 1. The maximum Gasteiger partial charge on any atom is 0.317 e. The van der Waals surface area contributed by atoms with Crippen molar-refractivity contribution in [1.82, 2.24) is 10.2 Å². The summed E-state index contributed by atoms with van der Waals surface area (Å²) in [5.74, 6) is -0.764. The predicted octanol–water partition coefficient (Wildman–Crippen LogP) is 2.63. The summed E-state index contributed by atoms with van der Waals surface area (Å²) in [4.78, 5) is 25.4. The molecule has 5 heteroatoms. The monoisotopic (exact) mass is 294 g/mol. The van der Waals surface area contributed by atoms with E-state index in [0.717, 1.165) is 19.3 Å². The lowest BCUT2D eigenvalue weighted by Gasteiger charge is -2.28. The zero-order valence-corrected chi connectivity index (χ0v) is 13.0. The van der Waals surface area contributed by atoms with Gasteiger partial charge in [0.2, 0.25) is 0 Å². The minimum absolute atomic E-state index is 0.0245. The Labute approximate surface area is 126 Å². The lowest BCUT2D eigenvalue weighted by Crippen LogP contribution is -2.44. The molecule has 0 bridgehead atoms. The molecule has 1 unspecified atom stereocenters. The molecule has 1 saturated heterocycles. The molecule has 21 heavy (non-hydrogen) atoms. The van der Waals surface area contributed by atoms with Crippen molar-refractivity contribution in [2.75, 3.05) is 19.6 Å². The molecule has 2 rings (SSSR count). The Bertz CT molecular complexity index is 445. The van der Waals surface area contributed by atoms with Gasteiger partial charge in [-0.05, 0) is 38.0 Å². The van der Waals surface area contributed by atoms with Crippen LogP contribution in [0.25, 0.3) is 0 Å². The number of carbonyl (C=O) groups is 2. The van der Waals surface area contributed by atoms with Crippen LogP contribution >= 0.6 is 0 Å². The Morgan fingerprint density at radius 1 is 1.48 bits per heavy atom. The molecule has 1 aliphatic heterocycles. The van der Waals surface area contributed by atoms with Crippen molar-refractivity contribution < 1.29 is 14.7 Å². The predicted molar refractivity (Wildman–Crippen MR) is 81.0 cm³/mol. The topological polar surface area (TPSA) is 69.6 Å². The van der Waals surface area contributed by atoms with Crippen molar-refractivity contribution in [2.45, 2.75) is 46.0 Å². The Morgan fingerprint density at radius 2 is 2.24 bits per heavy atom. The fourth-order valence-electron chi connectivity index (χ4n) is 3.31. The molecule has 0 aromatic carbocycles. The van der Waals surface area contributed by atoms with Crippen LogP contribution < -0.4 is 5.32 Å². The molecule has 0 radical (unpaired) electrons. The van der Waals surface area contributed by atoms with Gasteiger partial charge in [0.05, 0.1) is 5.41 Å². The van der Waals surface area contributed by atoms with Gasteiger partial charge in [0, 0.05) is 19.6 Å². The number of nitrogens with zero attached hydrogens (tertiary/aromatic N) is 1. The number of hydrogen-bond donors (Lipinski definition) is 2. The van der Waals surface area contributed by atoms with E-state index in [2.05, 4.69) is 11.4 Å². The van der Waals surface area contributed by atoms with E-state index in [-0.39, 0.29) is 11.9 Å². The summed E-state index contributed by atoms with van der Waals surface area (Å²) < 4.78 is 0. The van der Waals surface area contributed by atoms with E-state index in [1.165, 1.54) is 12.0 Å². The fourth-order valence-corrected chi connectivity index (χ4v) is 3.31. The van der Waals surface area contributed by atoms with Gasteiger partial charge in [-0.2, -0.15) is 0 Å². The van der Waals surface area contributed by atoms with E-state index in [9.17, 15) is 14.7 Å². The Balaban J connectivity index is 1.82. The highest BCUT2D eigenvalue weighted by molar-refractivity contribution is 5.80. The molecule has 2 aliphatic rings. The molecule has 2 amide bonds. The van der Waals surface area contributed by atoms with Gasteiger partial charge in [-0.15, -0.1) is 0 Å². The van der Waals surface area contributed by atoms with Crippen LogP contribution in [0, 0.1) is 11.3 Å². The molecule has 0 saturated carbocycles. The molecule has 1 atom stereocenters. The summed E-state index contributed by atoms with van der Waals surface area (Å²) in [5, 5.41) is 12.4. The van der Waals surface area contributed by atoms with Crippen LogP contribution in [0.5, 0.6) is 0 Å². The Kier molecular flexibility index (Phi) is 4.91. The number of urea groups is 1. The standard InChI is InChI=1S/C16H26N2O3/c1-12(2)16(14(19)20)8-10-18(11-16)15(21)17-9-7-13-5-3-4-6-13/h5,12H,3-4,6-11H2,1-2H3,(H,17,21)(H,19,20). The number of rotatable bonds is 5. The molecular formula is C16H26N2O3. The SMILES string of the molecule is CC(C)C1(C(=O)O)CCN(C(=O)NCCC2=CCCC2)C1. The van der Waals surface area contributed by atoms with Crippen molar-refractivity contribution >= 4 is 12.0 Å². The Hall–Kier alpha value is -1.52. The smallest absolute Gasteiger partial charge is 0.317 e. The van der Waals surface area contributed by atoms with Gasteiger partial charge in [0.25, 0.3) is 0 Å². The normalized spacial score (nSPS) is 25.3. The highest BCUT2D eigenvalue weighted by atomic mass is 16.4. The van der Waals surface area contributed by atoms with E-state index in [1.54, 1.807) is 4.90 Å². The number of nitrogens with one attached hydrogen (secondary N) is 1. The van der Waals surface area contributed by atoms with Crippen LogP contribution in [0.1, 0.15) is 46.0 Å². The summed E-state index contributed by atoms with van der Waals surface area (Å²) >= 11 is 0. The first kappa shape index (κ1) is 15.9. The molecule has 0 aromatic rings. The zero-order chi connectivity index (χ0) is 15.5. The van der Waals surface area contributed by atoms with Crippen LogP contribution in [0.15, 0.2) is 11.6 Å². The molecule has 2 N–H and O–H groups in total. The first-order chi connectivity index (χ1) is 9.95. The number of carbonyl (C=O) groups excluding carboxylic acids is 1. The number of likely N-dealkylation sites (tertiary alicyclic amines) is 1. The van der Waals surface area contributed by atoms with E-state index >= 15 is 0 Å². The van der Waals surface area contributed by atoms with Gasteiger partial charge in [-0.25, -0.2) is 4.79 Å². The second-order valence-corrected chi connectivity index (χ2v) is 6.52. The molecule has 0 spiro atoms. The first-order valence-electron chi connectivity index (χ1n) is 7.90. The van der Waals surface area contributed by atoms with Crippen molar-refractivity contribution in [2.24, 2.45) is 11.3 Å². The molecular weight excluding hydrogens is 268 g/mol. The second-order valence-electron chi connectivity index (χ2n) is 6.52. The van der Waals surface area contributed by atoms with Crippen molar-refractivity contribution in [3.05, 3.63) is 11.6 Å². The molecule has 0 aromatic heterocycles. The molecule has 1 heterocycles. The van der Waals surface area contributed by atoms with Crippen molar-refractivity contribution in [3.8, 4) is 0 Å². The number of hydrogen-bond acceptors (Lipinski definition) is 2. The average Bonchev–Trinajstić information content (AvgIpc) is 3.08. The molecule has 1 aliphatic carbocycles. The minimum atomic E-state index is -0.788. The third kappa shape index (κ3) is 3.39. The van der Waals surface area contributed by atoms with E-state index < -0.39 is 11.4 Å².